The zero-order valence-corrected chi connectivity index (χ0v) is 11.8. The lowest BCUT2D eigenvalue weighted by Crippen LogP contribution is -2.11. The topological polar surface area (TPSA) is 12.5 Å². The number of ether oxygens (including phenoxy) is 1. The van der Waals surface area contributed by atoms with Crippen LogP contribution in [-0.2, 0) is 4.74 Å². The highest BCUT2D eigenvalue weighted by Crippen LogP contribution is 2.40. The summed E-state index contributed by atoms with van der Waals surface area (Å²) in [4.78, 5) is 0. The van der Waals surface area contributed by atoms with Crippen LogP contribution in [0.25, 0.3) is 0 Å². The molecule has 0 spiro atoms. The van der Waals surface area contributed by atoms with E-state index in [-0.39, 0.29) is 5.60 Å². The van der Waals surface area contributed by atoms with E-state index >= 15 is 0 Å². The third kappa shape index (κ3) is 4.26. The summed E-state index contributed by atoms with van der Waals surface area (Å²) in [5.74, 6) is 0.764. The summed E-state index contributed by atoms with van der Waals surface area (Å²) < 4.78 is 5.42. The fraction of sp³-hybridized carbons (Fsp3) is 1.00. The molecule has 1 heterocycles. The average Bonchev–Trinajstić information content (AvgIpc) is 2.43. The summed E-state index contributed by atoms with van der Waals surface area (Å²) in [5, 5.41) is 0. The number of rotatable bonds is 2. The summed E-state index contributed by atoms with van der Waals surface area (Å²) >= 11 is 4.24. The highest BCUT2D eigenvalue weighted by atomic mass is 128. The maximum Gasteiger partial charge on any atom is 0.0920 e. The summed E-state index contributed by atoms with van der Waals surface area (Å²) in [6.45, 7) is 8.80. The van der Waals surface area contributed by atoms with Gasteiger partial charge in [0.25, 0.3) is 0 Å². The highest BCUT2D eigenvalue weighted by Gasteiger charge is 2.48. The Bertz CT molecular complexity index is 117. The molecule has 1 aliphatic heterocycles. The Labute approximate surface area is 93.0 Å². The summed E-state index contributed by atoms with van der Waals surface area (Å²) in [6.07, 6.45) is 1.70. The smallest absolute Gasteiger partial charge is 0.0920 e. The second-order valence-electron chi connectivity index (χ2n) is 3.67. The average molecular weight is 382 g/mol. The van der Waals surface area contributed by atoms with Crippen molar-refractivity contribution >= 4 is 37.2 Å². The Morgan fingerprint density at radius 2 is 1.82 bits per heavy atom. The van der Waals surface area contributed by atoms with Gasteiger partial charge in [0.15, 0.2) is 0 Å². The quantitative estimate of drug-likeness (QED) is 0.520. The molecule has 1 fully saturated rings. The van der Waals surface area contributed by atoms with E-state index in [1.165, 1.54) is 6.42 Å². The zero-order chi connectivity index (χ0) is 9.07. The Morgan fingerprint density at radius 1 is 1.45 bits per heavy atom. The van der Waals surface area contributed by atoms with E-state index in [2.05, 4.69) is 64.9 Å². The number of epoxide rings is 1. The van der Waals surface area contributed by atoms with Gasteiger partial charge in [0.1, 0.15) is 0 Å². The second-order valence-corrected chi connectivity index (χ2v) is 3.67. The first-order valence-electron chi connectivity index (χ1n) is 3.87. The van der Waals surface area contributed by atoms with Crippen LogP contribution in [0.1, 0.15) is 34.1 Å². The van der Waals surface area contributed by atoms with Gasteiger partial charge in [0, 0.05) is 37.2 Å². The van der Waals surface area contributed by atoms with Crippen LogP contribution >= 0.6 is 37.2 Å². The summed E-state index contributed by atoms with van der Waals surface area (Å²) in [5.41, 5.74) is 0.230. The van der Waals surface area contributed by atoms with Crippen LogP contribution in [0, 0.1) is 5.92 Å². The molecule has 1 aliphatic rings. The molecule has 0 aromatic rings. The SMILES string of the molecule is CC(C)CC1(C)OC1C.II. The first-order chi connectivity index (χ1) is 5.04. The highest BCUT2D eigenvalue weighted by molar-refractivity contribution is 15.0. The zero-order valence-electron chi connectivity index (χ0n) is 7.53. The van der Waals surface area contributed by atoms with Gasteiger partial charge in [-0.15, -0.1) is 0 Å². The second kappa shape index (κ2) is 5.21. The van der Waals surface area contributed by atoms with E-state index in [0.717, 1.165) is 5.92 Å². The first-order valence-corrected chi connectivity index (χ1v) is 10.2. The number of hydrogen-bond donors (Lipinski definition) is 0. The predicted octanol–water partition coefficient (Wildman–Crippen LogP) is 3.98. The third-order valence-corrected chi connectivity index (χ3v) is 2.06. The lowest BCUT2D eigenvalue weighted by molar-refractivity contribution is 0.277. The Kier molecular flexibility index (Phi) is 5.89. The van der Waals surface area contributed by atoms with Crippen molar-refractivity contribution in [2.45, 2.75) is 45.8 Å². The molecule has 0 aliphatic carbocycles. The molecule has 68 valence electrons. The minimum absolute atomic E-state index is 0.230. The Hall–Kier alpha value is 1.42. The molecule has 0 amide bonds. The maximum absolute atomic E-state index is 5.42. The Balaban J connectivity index is 0.000000461. The summed E-state index contributed by atoms with van der Waals surface area (Å²) in [6, 6.07) is 0. The van der Waals surface area contributed by atoms with Crippen LogP contribution in [0.3, 0.4) is 0 Å². The van der Waals surface area contributed by atoms with Gasteiger partial charge in [-0.2, -0.15) is 0 Å². The number of halogens is 2. The first kappa shape index (κ1) is 12.4. The standard InChI is InChI=1S/C8H16O.I2/c1-6(2)5-8(4)7(3)9-8;1-2/h6-7H,5H2,1-4H3;. The van der Waals surface area contributed by atoms with E-state index in [1.54, 1.807) is 0 Å². The van der Waals surface area contributed by atoms with Crippen molar-refractivity contribution in [3.8, 4) is 0 Å². The van der Waals surface area contributed by atoms with Crippen LogP contribution in [0.4, 0.5) is 0 Å². The Morgan fingerprint density at radius 3 is 1.91 bits per heavy atom. The molecular weight excluding hydrogens is 366 g/mol. The van der Waals surface area contributed by atoms with Crippen molar-refractivity contribution < 1.29 is 4.74 Å². The van der Waals surface area contributed by atoms with Gasteiger partial charge >= 0.3 is 0 Å². The van der Waals surface area contributed by atoms with Crippen molar-refractivity contribution in [2.24, 2.45) is 5.92 Å². The van der Waals surface area contributed by atoms with Gasteiger partial charge in [0.2, 0.25) is 0 Å². The largest absolute Gasteiger partial charge is 0.367 e. The molecule has 2 atom stereocenters. The molecule has 1 saturated heterocycles. The van der Waals surface area contributed by atoms with Gasteiger partial charge in [0.05, 0.1) is 11.7 Å². The minimum Gasteiger partial charge on any atom is -0.367 e. The van der Waals surface area contributed by atoms with E-state index in [4.69, 9.17) is 4.74 Å². The molecule has 11 heavy (non-hydrogen) atoms. The molecule has 0 saturated carbocycles. The van der Waals surface area contributed by atoms with Gasteiger partial charge in [-0.05, 0) is 26.2 Å². The van der Waals surface area contributed by atoms with Crippen molar-refractivity contribution in [1.82, 2.24) is 0 Å². The molecular formula is C8H16I2O. The van der Waals surface area contributed by atoms with Gasteiger partial charge in [-0.1, -0.05) is 13.8 Å². The summed E-state index contributed by atoms with van der Waals surface area (Å²) in [7, 11) is 0. The fourth-order valence-electron chi connectivity index (χ4n) is 1.39. The van der Waals surface area contributed by atoms with Crippen molar-refractivity contribution in [3.63, 3.8) is 0 Å². The molecule has 2 unspecified atom stereocenters. The van der Waals surface area contributed by atoms with E-state index in [1.807, 2.05) is 0 Å². The number of hydrogen-bond acceptors (Lipinski definition) is 1. The van der Waals surface area contributed by atoms with Crippen LogP contribution in [0.15, 0.2) is 0 Å². The molecule has 0 N–H and O–H groups in total. The lowest BCUT2D eigenvalue weighted by Gasteiger charge is -2.07. The predicted molar refractivity (Wildman–Crippen MR) is 66.4 cm³/mol. The van der Waals surface area contributed by atoms with E-state index < -0.39 is 0 Å². The minimum atomic E-state index is 0.230. The van der Waals surface area contributed by atoms with E-state index in [9.17, 15) is 0 Å². The van der Waals surface area contributed by atoms with Crippen LogP contribution in [0.2, 0.25) is 0 Å². The molecule has 0 aromatic carbocycles. The van der Waals surface area contributed by atoms with Crippen LogP contribution in [-0.4, -0.2) is 11.7 Å². The van der Waals surface area contributed by atoms with Gasteiger partial charge < -0.3 is 4.74 Å². The molecule has 0 aromatic heterocycles. The molecule has 3 heteroatoms. The van der Waals surface area contributed by atoms with Crippen LogP contribution < -0.4 is 0 Å². The maximum atomic E-state index is 5.42. The third-order valence-electron chi connectivity index (χ3n) is 2.06. The fourth-order valence-corrected chi connectivity index (χ4v) is 1.39. The molecule has 0 radical (unpaired) electrons. The molecule has 0 bridgehead atoms. The van der Waals surface area contributed by atoms with Crippen molar-refractivity contribution in [1.29, 1.82) is 0 Å². The monoisotopic (exact) mass is 382 g/mol. The van der Waals surface area contributed by atoms with Crippen molar-refractivity contribution in [2.75, 3.05) is 0 Å². The normalized spacial score (nSPS) is 34.6. The van der Waals surface area contributed by atoms with Crippen LogP contribution in [0.5, 0.6) is 0 Å². The van der Waals surface area contributed by atoms with Gasteiger partial charge in [-0.3, -0.25) is 0 Å². The molecule has 1 nitrogen and oxygen atoms in total. The van der Waals surface area contributed by atoms with E-state index in [0.29, 0.717) is 6.10 Å². The lowest BCUT2D eigenvalue weighted by atomic mass is 9.96. The van der Waals surface area contributed by atoms with Gasteiger partial charge in [-0.25, -0.2) is 0 Å². The van der Waals surface area contributed by atoms with Crippen molar-refractivity contribution in [3.05, 3.63) is 0 Å². The molecule has 1 rings (SSSR count).